The first-order valence-electron chi connectivity index (χ1n) is 6.04. The molecule has 0 unspecified atom stereocenters. The molecule has 0 spiro atoms. The van der Waals surface area contributed by atoms with E-state index >= 15 is 0 Å². The molecular weight excluding hydrogens is 222 g/mol. The van der Waals surface area contributed by atoms with Crippen molar-refractivity contribution in [1.82, 2.24) is 14.4 Å². The van der Waals surface area contributed by atoms with Crippen molar-refractivity contribution in [3.8, 4) is 11.4 Å². The zero-order valence-electron chi connectivity index (χ0n) is 10.8. The summed E-state index contributed by atoms with van der Waals surface area (Å²) < 4.78 is 2.15. The maximum absolute atomic E-state index is 4.57. The summed E-state index contributed by atoms with van der Waals surface area (Å²) in [5.74, 6) is 0. The van der Waals surface area contributed by atoms with Crippen molar-refractivity contribution in [2.24, 2.45) is 0 Å². The second kappa shape index (κ2) is 3.95. The maximum Gasteiger partial charge on any atom is 0.137 e. The average Bonchev–Trinajstić information content (AvgIpc) is 2.72. The Bertz CT molecular complexity index is 726. The van der Waals surface area contributed by atoms with Crippen molar-refractivity contribution < 1.29 is 0 Å². The first-order chi connectivity index (χ1) is 8.65. The molecule has 3 aromatic heterocycles. The number of hydrogen-bond donors (Lipinski definition) is 0. The van der Waals surface area contributed by atoms with Gasteiger partial charge < -0.3 is 0 Å². The Hall–Kier alpha value is -2.16. The van der Waals surface area contributed by atoms with E-state index < -0.39 is 0 Å². The van der Waals surface area contributed by atoms with Crippen LogP contribution in [-0.2, 0) is 0 Å². The Morgan fingerprint density at radius 1 is 1.06 bits per heavy atom. The molecule has 0 aliphatic rings. The molecule has 0 aromatic carbocycles. The van der Waals surface area contributed by atoms with E-state index in [1.54, 1.807) is 0 Å². The van der Waals surface area contributed by atoms with E-state index in [4.69, 9.17) is 0 Å². The molecule has 3 heteroatoms. The van der Waals surface area contributed by atoms with Gasteiger partial charge in [-0.25, -0.2) is 4.98 Å². The molecule has 0 fully saturated rings. The molecule has 0 atom stereocenters. The molecule has 3 aromatic rings. The Labute approximate surface area is 106 Å². The molecule has 18 heavy (non-hydrogen) atoms. The fraction of sp³-hybridized carbons (Fsp3) is 0.200. The van der Waals surface area contributed by atoms with Crippen molar-refractivity contribution in [1.29, 1.82) is 0 Å². The maximum atomic E-state index is 4.57. The van der Waals surface area contributed by atoms with Crippen molar-refractivity contribution in [3.63, 3.8) is 0 Å². The third kappa shape index (κ3) is 1.68. The summed E-state index contributed by atoms with van der Waals surface area (Å²) in [6.07, 6.45) is 1.89. The summed E-state index contributed by atoms with van der Waals surface area (Å²) in [6.45, 7) is 6.19. The lowest BCUT2D eigenvalue weighted by Gasteiger charge is -2.06. The van der Waals surface area contributed by atoms with E-state index in [0.29, 0.717) is 0 Å². The summed E-state index contributed by atoms with van der Waals surface area (Å²) in [4.78, 5) is 9.04. The van der Waals surface area contributed by atoms with E-state index in [0.717, 1.165) is 22.7 Å². The molecule has 0 N–H and O–H groups in total. The number of fused-ring (bicyclic) bond motifs is 1. The topological polar surface area (TPSA) is 30.2 Å². The molecule has 0 saturated carbocycles. The second-order valence-electron chi connectivity index (χ2n) is 4.68. The number of hydrogen-bond acceptors (Lipinski definition) is 2. The molecule has 0 saturated heterocycles. The van der Waals surface area contributed by atoms with E-state index in [1.807, 2.05) is 31.3 Å². The second-order valence-corrected chi connectivity index (χ2v) is 4.68. The van der Waals surface area contributed by atoms with Gasteiger partial charge in [0.15, 0.2) is 0 Å². The van der Waals surface area contributed by atoms with Crippen LogP contribution in [0.4, 0.5) is 0 Å². The number of aromatic nitrogens is 3. The van der Waals surface area contributed by atoms with Crippen molar-refractivity contribution >= 4 is 5.65 Å². The normalized spacial score (nSPS) is 11.1. The van der Waals surface area contributed by atoms with Gasteiger partial charge in [0.2, 0.25) is 0 Å². The SMILES string of the molecule is Cc1cc(C)n2c(-c3cccc(C)n3)cnc2c1. The van der Waals surface area contributed by atoms with Gasteiger partial charge in [0.05, 0.1) is 17.6 Å². The van der Waals surface area contributed by atoms with Gasteiger partial charge in [-0.15, -0.1) is 0 Å². The molecular formula is C15H15N3. The zero-order valence-corrected chi connectivity index (χ0v) is 10.8. The van der Waals surface area contributed by atoms with Gasteiger partial charge in [-0.2, -0.15) is 0 Å². The minimum atomic E-state index is 0.967. The summed E-state index contributed by atoms with van der Waals surface area (Å²) >= 11 is 0. The van der Waals surface area contributed by atoms with Gasteiger partial charge in [0.1, 0.15) is 5.65 Å². The van der Waals surface area contributed by atoms with Gasteiger partial charge in [-0.05, 0) is 50.6 Å². The Balaban J connectivity index is 2.31. The molecule has 3 nitrogen and oxygen atoms in total. The predicted octanol–water partition coefficient (Wildman–Crippen LogP) is 3.32. The highest BCUT2D eigenvalue weighted by molar-refractivity contribution is 5.61. The smallest absolute Gasteiger partial charge is 0.137 e. The highest BCUT2D eigenvalue weighted by atomic mass is 15.0. The molecule has 3 heterocycles. The van der Waals surface area contributed by atoms with Crippen molar-refractivity contribution in [3.05, 3.63) is 53.5 Å². The summed E-state index contributed by atoms with van der Waals surface area (Å²) in [5, 5.41) is 0. The first kappa shape index (κ1) is 11.0. The quantitative estimate of drug-likeness (QED) is 0.650. The highest BCUT2D eigenvalue weighted by Gasteiger charge is 2.09. The van der Waals surface area contributed by atoms with E-state index in [1.165, 1.54) is 11.3 Å². The van der Waals surface area contributed by atoms with Gasteiger partial charge in [0.25, 0.3) is 0 Å². The van der Waals surface area contributed by atoms with E-state index in [-0.39, 0.29) is 0 Å². The number of aryl methyl sites for hydroxylation is 3. The molecule has 0 aliphatic carbocycles. The number of nitrogens with zero attached hydrogens (tertiary/aromatic N) is 3. The zero-order chi connectivity index (χ0) is 12.7. The third-order valence-electron chi connectivity index (χ3n) is 3.09. The number of imidazole rings is 1. The Kier molecular flexibility index (Phi) is 2.40. The van der Waals surface area contributed by atoms with Crippen molar-refractivity contribution in [2.75, 3.05) is 0 Å². The first-order valence-corrected chi connectivity index (χ1v) is 6.04. The summed E-state index contributed by atoms with van der Waals surface area (Å²) in [7, 11) is 0. The molecule has 0 amide bonds. The molecule has 3 rings (SSSR count). The monoisotopic (exact) mass is 237 g/mol. The van der Waals surface area contributed by atoms with Gasteiger partial charge in [-0.1, -0.05) is 6.07 Å². The predicted molar refractivity (Wildman–Crippen MR) is 72.6 cm³/mol. The minimum absolute atomic E-state index is 0.967. The fourth-order valence-electron chi connectivity index (χ4n) is 2.34. The number of rotatable bonds is 1. The van der Waals surface area contributed by atoms with Crippen LogP contribution in [0, 0.1) is 20.8 Å². The minimum Gasteiger partial charge on any atom is -0.295 e. The van der Waals surface area contributed by atoms with Crippen LogP contribution in [0.1, 0.15) is 17.0 Å². The average molecular weight is 237 g/mol. The van der Waals surface area contributed by atoms with Crippen LogP contribution in [0.5, 0.6) is 0 Å². The molecule has 90 valence electrons. The lowest BCUT2D eigenvalue weighted by molar-refractivity contribution is 1.07. The van der Waals surface area contributed by atoms with Crippen LogP contribution in [0.15, 0.2) is 36.5 Å². The fourth-order valence-corrected chi connectivity index (χ4v) is 2.34. The van der Waals surface area contributed by atoms with Crippen LogP contribution >= 0.6 is 0 Å². The third-order valence-corrected chi connectivity index (χ3v) is 3.09. The highest BCUT2D eigenvalue weighted by Crippen LogP contribution is 2.21. The van der Waals surface area contributed by atoms with E-state index in [2.05, 4.69) is 40.3 Å². The Morgan fingerprint density at radius 3 is 2.67 bits per heavy atom. The number of pyridine rings is 2. The molecule has 0 aliphatic heterocycles. The Morgan fingerprint density at radius 2 is 1.89 bits per heavy atom. The van der Waals surface area contributed by atoms with Crippen LogP contribution in [0.25, 0.3) is 17.0 Å². The lowest BCUT2D eigenvalue weighted by Crippen LogP contribution is -1.96. The van der Waals surface area contributed by atoms with Crippen molar-refractivity contribution in [2.45, 2.75) is 20.8 Å². The van der Waals surface area contributed by atoms with Crippen LogP contribution in [-0.4, -0.2) is 14.4 Å². The lowest BCUT2D eigenvalue weighted by atomic mass is 10.2. The van der Waals surface area contributed by atoms with Gasteiger partial charge >= 0.3 is 0 Å². The molecule has 0 bridgehead atoms. The van der Waals surface area contributed by atoms with E-state index in [9.17, 15) is 0 Å². The largest absolute Gasteiger partial charge is 0.295 e. The van der Waals surface area contributed by atoms with Crippen LogP contribution in [0.3, 0.4) is 0 Å². The van der Waals surface area contributed by atoms with Gasteiger partial charge in [0, 0.05) is 11.4 Å². The summed E-state index contributed by atoms with van der Waals surface area (Å²) in [5.41, 5.74) is 6.42. The molecule has 0 radical (unpaired) electrons. The summed E-state index contributed by atoms with van der Waals surface area (Å²) in [6, 6.07) is 10.3. The standard InChI is InChI=1S/C15H15N3/c1-10-7-12(3)18-14(9-16-15(18)8-10)13-6-4-5-11(2)17-13/h4-9H,1-3H3. The van der Waals surface area contributed by atoms with Gasteiger partial charge in [-0.3, -0.25) is 9.38 Å². The van der Waals surface area contributed by atoms with Crippen LogP contribution in [0.2, 0.25) is 0 Å². The van der Waals surface area contributed by atoms with Crippen LogP contribution < -0.4 is 0 Å².